The Morgan fingerprint density at radius 3 is 1.07 bits per heavy atom. The molecule has 8 N–H and O–H groups in total. The second-order valence-corrected chi connectivity index (χ2v) is 19.0. The van der Waals surface area contributed by atoms with E-state index in [1.165, 1.54) is 164 Å². The first-order valence-corrected chi connectivity index (χ1v) is 24.7. The predicted octanol–water partition coefficient (Wildman–Crippen LogP) is 8.18. The van der Waals surface area contributed by atoms with Gasteiger partial charge >= 0.3 is 35.8 Å². The molecule has 18 heteroatoms. The van der Waals surface area contributed by atoms with Crippen molar-refractivity contribution in [2.24, 2.45) is 11.8 Å². The topological polar surface area (TPSA) is 288 Å². The number of hydrogen-bond acceptors (Lipinski definition) is 10. The minimum atomic E-state index is -1.82. The smallest absolute Gasteiger partial charge is 0.414 e. The lowest BCUT2D eigenvalue weighted by molar-refractivity contribution is -0.159. The summed E-state index contributed by atoms with van der Waals surface area (Å²) in [6.07, 6.45) is 27.9. The highest BCUT2D eigenvalue weighted by Crippen LogP contribution is 2.37. The van der Waals surface area contributed by atoms with Crippen LogP contribution in [0, 0.1) is 11.8 Å². The SMILES string of the molecule is CC(=O)Nc1ccc2c(c1)C(CN(C)CCCCC1CCCCC1)CC2.CC(=O)Nc1ccc2c(c1)C(CN(C)CCCCC1CCCCC1)CC2.O=C(O)C(=O)O.O=C(O)C(=O)O.O=C(O)C(=O)O. The van der Waals surface area contributed by atoms with Gasteiger partial charge in [-0.25, -0.2) is 28.8 Å². The van der Waals surface area contributed by atoms with Crippen LogP contribution < -0.4 is 10.6 Å². The van der Waals surface area contributed by atoms with E-state index in [0.717, 1.165) is 36.3 Å². The van der Waals surface area contributed by atoms with E-state index >= 15 is 0 Å². The molecular formula is C52H78N4O14. The molecule has 70 heavy (non-hydrogen) atoms. The molecular weight excluding hydrogens is 905 g/mol. The number of rotatable bonds is 16. The van der Waals surface area contributed by atoms with E-state index in [1.54, 1.807) is 13.8 Å². The number of nitrogens with zero attached hydrogens (tertiary/aromatic N) is 2. The number of carboxylic acid groups (broad SMARTS) is 6. The van der Waals surface area contributed by atoms with Crippen LogP contribution in [0.1, 0.15) is 164 Å². The number of unbranched alkanes of at least 4 members (excludes halogenated alkanes) is 2. The summed E-state index contributed by atoms with van der Waals surface area (Å²) in [7, 11) is 4.55. The third kappa shape index (κ3) is 25.1. The Morgan fingerprint density at radius 1 is 0.471 bits per heavy atom. The van der Waals surface area contributed by atoms with E-state index in [4.69, 9.17) is 59.4 Å². The number of hydrogen-bond donors (Lipinski definition) is 8. The molecule has 18 nitrogen and oxygen atoms in total. The number of anilines is 2. The van der Waals surface area contributed by atoms with Gasteiger partial charge in [-0.1, -0.05) is 102 Å². The standard InChI is InChI=1S/2C23H36N2O.3C2H2O4/c2*1-18(26)24-22-14-13-20-11-12-21(23(20)16-22)17-25(2)15-7-6-10-19-8-4-3-5-9-19;3*3-1(4)2(5)6/h2*13-14,16,19,21H,3-12,15,17H2,1-2H3,(H,24,26);3*(H,3,4)(H,5,6). The first-order valence-electron chi connectivity index (χ1n) is 24.7. The molecule has 0 heterocycles. The van der Waals surface area contributed by atoms with Gasteiger partial charge in [-0.3, -0.25) is 9.59 Å². The molecule has 2 unspecified atom stereocenters. The summed E-state index contributed by atoms with van der Waals surface area (Å²) in [5.74, 6) is -7.67. The van der Waals surface area contributed by atoms with E-state index in [-0.39, 0.29) is 11.8 Å². The zero-order chi connectivity index (χ0) is 52.2. The Morgan fingerprint density at radius 2 is 0.786 bits per heavy atom. The van der Waals surface area contributed by atoms with Crippen molar-refractivity contribution in [3.05, 3.63) is 58.7 Å². The molecule has 2 aromatic rings. The van der Waals surface area contributed by atoms with Gasteiger partial charge in [-0.2, -0.15) is 0 Å². The normalized spacial score (nSPS) is 17.0. The molecule has 2 atom stereocenters. The lowest BCUT2D eigenvalue weighted by Crippen LogP contribution is -2.25. The van der Waals surface area contributed by atoms with Crippen molar-refractivity contribution >= 4 is 59.0 Å². The molecule has 6 rings (SSSR count). The van der Waals surface area contributed by atoms with Crippen molar-refractivity contribution in [1.29, 1.82) is 0 Å². The Balaban J connectivity index is 0.000000357. The predicted molar refractivity (Wildman–Crippen MR) is 265 cm³/mol. The average molecular weight is 983 g/mol. The van der Waals surface area contributed by atoms with Crippen LogP contribution in [0.2, 0.25) is 0 Å². The number of carbonyl (C=O) groups excluding carboxylic acids is 2. The number of carboxylic acids is 6. The summed E-state index contributed by atoms with van der Waals surface area (Å²) in [4.78, 5) is 82.3. The number of fused-ring (bicyclic) bond motifs is 2. The van der Waals surface area contributed by atoms with Crippen LogP contribution in [0.4, 0.5) is 11.4 Å². The minimum Gasteiger partial charge on any atom is -0.473 e. The number of aliphatic carboxylic acids is 6. The Labute approximate surface area is 412 Å². The van der Waals surface area contributed by atoms with Crippen LogP contribution in [0.25, 0.3) is 0 Å². The molecule has 2 saturated carbocycles. The Bertz CT molecular complexity index is 1810. The van der Waals surface area contributed by atoms with E-state index in [2.05, 4.69) is 58.8 Å². The zero-order valence-electron chi connectivity index (χ0n) is 41.6. The van der Waals surface area contributed by atoms with E-state index in [0.29, 0.717) is 11.8 Å². The van der Waals surface area contributed by atoms with Crippen LogP contribution in [0.3, 0.4) is 0 Å². The van der Waals surface area contributed by atoms with Gasteiger partial charge in [0.05, 0.1) is 0 Å². The van der Waals surface area contributed by atoms with Gasteiger partial charge < -0.3 is 51.1 Å². The minimum absolute atomic E-state index is 0.00887. The first-order chi connectivity index (χ1) is 33.2. The zero-order valence-corrected chi connectivity index (χ0v) is 41.6. The van der Waals surface area contributed by atoms with Crippen LogP contribution in [0.5, 0.6) is 0 Å². The van der Waals surface area contributed by atoms with Gasteiger partial charge in [-0.15, -0.1) is 0 Å². The second kappa shape index (κ2) is 32.8. The summed E-state index contributed by atoms with van der Waals surface area (Å²) in [6.45, 7) is 7.85. The summed E-state index contributed by atoms with van der Waals surface area (Å²) < 4.78 is 0. The van der Waals surface area contributed by atoms with Crippen molar-refractivity contribution in [3.8, 4) is 0 Å². The quantitative estimate of drug-likeness (QED) is 0.0581. The maximum absolute atomic E-state index is 11.3. The van der Waals surface area contributed by atoms with Gasteiger partial charge in [0.25, 0.3) is 0 Å². The first kappa shape index (κ1) is 60.2. The van der Waals surface area contributed by atoms with E-state index < -0.39 is 35.8 Å². The molecule has 2 aromatic carbocycles. The number of likely N-dealkylation sites (N-methyl/N-ethyl adjacent to an activating group) is 2. The third-order valence-electron chi connectivity index (χ3n) is 13.2. The number of carbonyl (C=O) groups is 8. The second-order valence-electron chi connectivity index (χ2n) is 19.0. The molecule has 0 spiro atoms. The molecule has 2 amide bonds. The van der Waals surface area contributed by atoms with Crippen LogP contribution in [-0.2, 0) is 51.2 Å². The van der Waals surface area contributed by atoms with Gasteiger partial charge in [0.2, 0.25) is 11.8 Å². The molecule has 2 fully saturated rings. The molecule has 390 valence electrons. The fourth-order valence-corrected chi connectivity index (χ4v) is 9.83. The van der Waals surface area contributed by atoms with Gasteiger partial charge in [0, 0.05) is 38.3 Å². The average Bonchev–Trinajstić information content (AvgIpc) is 3.90. The molecule has 0 aliphatic heterocycles. The number of amides is 2. The van der Waals surface area contributed by atoms with Crippen LogP contribution >= 0.6 is 0 Å². The molecule has 0 radical (unpaired) electrons. The van der Waals surface area contributed by atoms with Crippen molar-refractivity contribution in [2.75, 3.05) is 50.9 Å². The summed E-state index contributed by atoms with van der Waals surface area (Å²) >= 11 is 0. The summed E-state index contributed by atoms with van der Waals surface area (Å²) in [5.41, 5.74) is 7.72. The van der Waals surface area contributed by atoms with Crippen molar-refractivity contribution in [2.45, 2.75) is 154 Å². The van der Waals surface area contributed by atoms with E-state index in [9.17, 15) is 9.59 Å². The highest BCUT2D eigenvalue weighted by molar-refractivity contribution is 6.28. The van der Waals surface area contributed by atoms with Crippen molar-refractivity contribution in [1.82, 2.24) is 9.80 Å². The Hall–Kier alpha value is -5.88. The van der Waals surface area contributed by atoms with Crippen LogP contribution in [-0.4, -0.2) is 128 Å². The number of nitrogens with one attached hydrogen (secondary N) is 2. The van der Waals surface area contributed by atoms with E-state index in [1.807, 2.05) is 12.1 Å². The fourth-order valence-electron chi connectivity index (χ4n) is 9.83. The lowest BCUT2D eigenvalue weighted by Gasteiger charge is -2.24. The maximum atomic E-state index is 11.3. The van der Waals surface area contributed by atoms with Crippen molar-refractivity contribution < 1.29 is 69.0 Å². The monoisotopic (exact) mass is 983 g/mol. The van der Waals surface area contributed by atoms with Gasteiger partial charge in [0.1, 0.15) is 0 Å². The highest BCUT2D eigenvalue weighted by atomic mass is 16.5. The molecule has 0 bridgehead atoms. The molecule has 4 aliphatic carbocycles. The summed E-state index contributed by atoms with van der Waals surface area (Å²) in [6, 6.07) is 12.9. The van der Waals surface area contributed by atoms with Crippen LogP contribution in [0.15, 0.2) is 36.4 Å². The van der Waals surface area contributed by atoms with Gasteiger partial charge in [-0.05, 0) is 136 Å². The van der Waals surface area contributed by atoms with Gasteiger partial charge in [0.15, 0.2) is 0 Å². The maximum Gasteiger partial charge on any atom is 0.414 e. The molecule has 4 aliphatic rings. The highest BCUT2D eigenvalue weighted by Gasteiger charge is 2.26. The fraction of sp³-hybridized carbons (Fsp3) is 0.615. The summed E-state index contributed by atoms with van der Waals surface area (Å²) in [5, 5.41) is 50.2. The largest absolute Gasteiger partial charge is 0.473 e. The molecule has 0 saturated heterocycles. The number of aryl methyl sites for hydroxylation is 2. The third-order valence-corrected chi connectivity index (χ3v) is 13.2. The van der Waals surface area contributed by atoms with Crippen molar-refractivity contribution in [3.63, 3.8) is 0 Å². The number of benzene rings is 2. The lowest BCUT2D eigenvalue weighted by atomic mass is 9.86. The molecule has 0 aromatic heterocycles. The Kier molecular flexibility index (Phi) is 28.3.